The van der Waals surface area contributed by atoms with E-state index in [1.165, 1.54) is 6.20 Å². The Morgan fingerprint density at radius 3 is 2.70 bits per heavy atom. The summed E-state index contributed by atoms with van der Waals surface area (Å²) in [5.41, 5.74) is 8.57. The van der Waals surface area contributed by atoms with Crippen molar-refractivity contribution in [2.75, 3.05) is 12.3 Å². The molecule has 1 aliphatic rings. The van der Waals surface area contributed by atoms with Crippen molar-refractivity contribution in [2.45, 2.75) is 6.42 Å². The SMILES string of the molecule is C#Cc1cc(F)c(-c2cnc(N)c(-c3ccc4c(c3)CCNC4=O)c2)cc1[N+](=O)[O-]. The predicted molar refractivity (Wildman–Crippen MR) is 110 cm³/mol. The van der Waals surface area contributed by atoms with Gasteiger partial charge >= 0.3 is 0 Å². The monoisotopic (exact) mass is 402 g/mol. The third-order valence-electron chi connectivity index (χ3n) is 5.01. The number of amides is 1. The Bertz CT molecular complexity index is 1260. The Labute approximate surface area is 170 Å². The average Bonchev–Trinajstić information content (AvgIpc) is 2.73. The number of nitro groups is 1. The summed E-state index contributed by atoms with van der Waals surface area (Å²) >= 11 is 0. The minimum absolute atomic E-state index is 0.00760. The lowest BCUT2D eigenvalue weighted by Gasteiger charge is -2.18. The third kappa shape index (κ3) is 3.22. The molecule has 2 heterocycles. The molecule has 0 spiro atoms. The van der Waals surface area contributed by atoms with Crippen molar-refractivity contribution in [1.82, 2.24) is 10.3 Å². The Balaban J connectivity index is 1.84. The lowest BCUT2D eigenvalue weighted by molar-refractivity contribution is -0.385. The van der Waals surface area contributed by atoms with E-state index in [0.29, 0.717) is 35.2 Å². The van der Waals surface area contributed by atoms with Crippen LogP contribution in [0.4, 0.5) is 15.9 Å². The van der Waals surface area contributed by atoms with Gasteiger partial charge in [0.1, 0.15) is 17.2 Å². The van der Waals surface area contributed by atoms with E-state index in [-0.39, 0.29) is 28.5 Å². The zero-order valence-electron chi connectivity index (χ0n) is 15.6. The topological polar surface area (TPSA) is 111 Å². The summed E-state index contributed by atoms with van der Waals surface area (Å²) in [6.45, 7) is 0.541. The first kappa shape index (κ1) is 19.1. The number of benzene rings is 2. The van der Waals surface area contributed by atoms with Crippen molar-refractivity contribution in [3.8, 4) is 34.6 Å². The second-order valence-corrected chi connectivity index (χ2v) is 6.79. The molecule has 1 aliphatic heterocycles. The number of carbonyl (C=O) groups excluding carboxylic acids is 1. The highest BCUT2D eigenvalue weighted by Crippen LogP contribution is 2.34. The lowest BCUT2D eigenvalue weighted by Crippen LogP contribution is -2.31. The molecule has 7 nitrogen and oxygen atoms in total. The van der Waals surface area contributed by atoms with Crippen LogP contribution in [0, 0.1) is 28.3 Å². The highest BCUT2D eigenvalue weighted by atomic mass is 19.1. The zero-order chi connectivity index (χ0) is 21.4. The van der Waals surface area contributed by atoms with Crippen LogP contribution in [0.15, 0.2) is 42.6 Å². The number of hydrogen-bond acceptors (Lipinski definition) is 5. The molecule has 8 heteroatoms. The molecule has 0 atom stereocenters. The van der Waals surface area contributed by atoms with Crippen LogP contribution < -0.4 is 11.1 Å². The average molecular weight is 402 g/mol. The molecule has 0 unspecified atom stereocenters. The number of nitro benzene ring substituents is 1. The highest BCUT2D eigenvalue weighted by Gasteiger charge is 2.21. The number of pyridine rings is 1. The smallest absolute Gasteiger partial charge is 0.285 e. The fourth-order valence-electron chi connectivity index (χ4n) is 3.50. The molecule has 0 bridgehead atoms. The van der Waals surface area contributed by atoms with E-state index in [4.69, 9.17) is 12.2 Å². The van der Waals surface area contributed by atoms with Gasteiger partial charge in [-0.25, -0.2) is 9.37 Å². The molecular formula is C22H15FN4O3. The van der Waals surface area contributed by atoms with Gasteiger partial charge < -0.3 is 11.1 Å². The molecular weight excluding hydrogens is 387 g/mol. The molecule has 1 aromatic heterocycles. The van der Waals surface area contributed by atoms with Gasteiger partial charge in [0.15, 0.2) is 0 Å². The number of nitrogens with two attached hydrogens (primary N) is 1. The van der Waals surface area contributed by atoms with Crippen LogP contribution in [-0.2, 0) is 6.42 Å². The fourth-order valence-corrected chi connectivity index (χ4v) is 3.50. The number of halogens is 1. The first-order chi connectivity index (χ1) is 14.4. The van der Waals surface area contributed by atoms with Crippen molar-refractivity contribution >= 4 is 17.4 Å². The highest BCUT2D eigenvalue weighted by molar-refractivity contribution is 5.97. The van der Waals surface area contributed by atoms with Crippen LogP contribution in [-0.4, -0.2) is 22.4 Å². The largest absolute Gasteiger partial charge is 0.383 e. The van der Waals surface area contributed by atoms with Crippen LogP contribution >= 0.6 is 0 Å². The molecule has 3 N–H and O–H groups in total. The van der Waals surface area contributed by atoms with Gasteiger partial charge in [-0.15, -0.1) is 6.42 Å². The molecule has 0 fully saturated rings. The zero-order valence-corrected chi connectivity index (χ0v) is 15.6. The van der Waals surface area contributed by atoms with Gasteiger partial charge in [0, 0.05) is 41.1 Å². The van der Waals surface area contributed by atoms with Gasteiger partial charge in [-0.05, 0) is 35.7 Å². The summed E-state index contributed by atoms with van der Waals surface area (Å²) in [7, 11) is 0. The quantitative estimate of drug-likeness (QED) is 0.397. The van der Waals surface area contributed by atoms with Crippen molar-refractivity contribution in [3.63, 3.8) is 0 Å². The van der Waals surface area contributed by atoms with E-state index in [1.807, 2.05) is 6.07 Å². The summed E-state index contributed by atoms with van der Waals surface area (Å²) in [5, 5.41) is 14.1. The summed E-state index contributed by atoms with van der Waals surface area (Å²) in [6, 6.07) is 8.97. The lowest BCUT2D eigenvalue weighted by atomic mass is 9.94. The first-order valence-corrected chi connectivity index (χ1v) is 9.01. The molecule has 148 valence electrons. The number of hydrogen-bond donors (Lipinski definition) is 2. The number of aromatic nitrogens is 1. The first-order valence-electron chi connectivity index (χ1n) is 9.01. The van der Waals surface area contributed by atoms with Gasteiger partial charge in [-0.2, -0.15) is 0 Å². The minimum Gasteiger partial charge on any atom is -0.383 e. The van der Waals surface area contributed by atoms with Gasteiger partial charge in [-0.3, -0.25) is 14.9 Å². The molecule has 0 saturated heterocycles. The Hall–Kier alpha value is -4.25. The normalized spacial score (nSPS) is 12.6. The summed E-state index contributed by atoms with van der Waals surface area (Å²) in [5.74, 6) is 1.51. The van der Waals surface area contributed by atoms with Crippen molar-refractivity contribution in [1.29, 1.82) is 0 Å². The minimum atomic E-state index is -0.701. The molecule has 30 heavy (non-hydrogen) atoms. The van der Waals surface area contributed by atoms with E-state index >= 15 is 0 Å². The number of terminal acetylenes is 1. The maximum atomic E-state index is 14.6. The van der Waals surface area contributed by atoms with Crippen molar-refractivity contribution in [2.24, 2.45) is 0 Å². The second kappa shape index (κ2) is 7.29. The summed E-state index contributed by atoms with van der Waals surface area (Å²) < 4.78 is 14.6. The number of nitrogens with zero attached hydrogens (tertiary/aromatic N) is 2. The standard InChI is InChI=1S/C22H15FN4O3/c1-2-12-9-19(23)17(10-20(12)27(29)30)15-8-18(21(24)26-11-15)13-3-4-16-14(7-13)5-6-25-22(16)28/h1,3-4,7-11H,5-6H2,(H2,24,26)(H,25,28). The second-order valence-electron chi connectivity index (χ2n) is 6.79. The maximum Gasteiger partial charge on any atom is 0.285 e. The van der Waals surface area contributed by atoms with E-state index in [2.05, 4.69) is 16.2 Å². The fraction of sp³-hybridized carbons (Fsp3) is 0.0909. The van der Waals surface area contributed by atoms with E-state index in [1.54, 1.807) is 18.2 Å². The molecule has 1 amide bonds. The van der Waals surface area contributed by atoms with Crippen LogP contribution in [0.1, 0.15) is 21.5 Å². The van der Waals surface area contributed by atoms with E-state index in [9.17, 15) is 19.3 Å². The number of rotatable bonds is 3. The van der Waals surface area contributed by atoms with E-state index < -0.39 is 10.7 Å². The molecule has 2 aromatic carbocycles. The van der Waals surface area contributed by atoms with E-state index in [0.717, 1.165) is 17.7 Å². The van der Waals surface area contributed by atoms with Crippen LogP contribution in [0.5, 0.6) is 0 Å². The number of carbonyl (C=O) groups is 1. The third-order valence-corrected chi connectivity index (χ3v) is 5.01. The maximum absolute atomic E-state index is 14.6. The Morgan fingerprint density at radius 2 is 1.97 bits per heavy atom. The van der Waals surface area contributed by atoms with Gasteiger partial charge in [-0.1, -0.05) is 18.1 Å². The Morgan fingerprint density at radius 1 is 1.17 bits per heavy atom. The molecule has 0 radical (unpaired) electrons. The molecule has 4 rings (SSSR count). The van der Waals surface area contributed by atoms with Crippen LogP contribution in [0.3, 0.4) is 0 Å². The molecule has 3 aromatic rings. The summed E-state index contributed by atoms with van der Waals surface area (Å²) in [6.07, 6.45) is 7.28. The molecule has 0 saturated carbocycles. The van der Waals surface area contributed by atoms with Gasteiger partial charge in [0.05, 0.1) is 4.92 Å². The predicted octanol–water partition coefficient (Wildman–Crippen LogP) is 3.31. The molecule has 0 aliphatic carbocycles. The van der Waals surface area contributed by atoms with Crippen molar-refractivity contribution < 1.29 is 14.1 Å². The Kier molecular flexibility index (Phi) is 4.64. The van der Waals surface area contributed by atoms with Crippen LogP contribution in [0.2, 0.25) is 0 Å². The van der Waals surface area contributed by atoms with Gasteiger partial charge in [0.25, 0.3) is 11.6 Å². The number of fused-ring (bicyclic) bond motifs is 1. The van der Waals surface area contributed by atoms with Crippen molar-refractivity contribution in [3.05, 3.63) is 75.2 Å². The summed E-state index contributed by atoms with van der Waals surface area (Å²) in [4.78, 5) is 26.7. The number of anilines is 1. The van der Waals surface area contributed by atoms with Gasteiger partial charge in [0.2, 0.25) is 0 Å². The number of nitrogen functional groups attached to an aromatic ring is 1. The number of nitrogens with one attached hydrogen (secondary N) is 1. The van der Waals surface area contributed by atoms with Crippen LogP contribution in [0.25, 0.3) is 22.3 Å².